The molecule has 1 aromatic carbocycles. The normalized spacial score (nSPS) is 23.1. The van der Waals surface area contributed by atoms with Crippen LogP contribution < -0.4 is 0 Å². The lowest BCUT2D eigenvalue weighted by atomic mass is 9.68. The molecule has 0 bridgehead atoms. The third-order valence-electron chi connectivity index (χ3n) is 7.46. The van der Waals surface area contributed by atoms with Crippen molar-refractivity contribution >= 4 is 23.5 Å². The van der Waals surface area contributed by atoms with E-state index in [1.807, 2.05) is 43.3 Å². The predicted octanol–water partition coefficient (Wildman–Crippen LogP) is 2.77. The smallest absolute Gasteiger partial charge is 0.233 e. The molecule has 1 fully saturated rings. The maximum absolute atomic E-state index is 13.1. The molecule has 4 rings (SSSR count). The van der Waals surface area contributed by atoms with Crippen LogP contribution in [0.3, 0.4) is 0 Å². The summed E-state index contributed by atoms with van der Waals surface area (Å²) in [4.78, 5) is 27.3. The van der Waals surface area contributed by atoms with Gasteiger partial charge in [-0.25, -0.2) is 0 Å². The average molecular weight is 510 g/mol. The van der Waals surface area contributed by atoms with Gasteiger partial charge in [-0.15, -0.1) is 0 Å². The largest absolute Gasteiger partial charge is 0.459 e. The maximum Gasteiger partial charge on any atom is 0.233 e. The molecule has 4 atom stereocenters. The fourth-order valence-electron chi connectivity index (χ4n) is 5.74. The minimum absolute atomic E-state index is 0.201. The number of aliphatic hydroxyl groups excluding tert-OH is 4. The molecule has 198 valence electrons. The number of aliphatic hydroxyl groups is 4. The summed E-state index contributed by atoms with van der Waals surface area (Å²) in [6, 6.07) is 13.1. The van der Waals surface area contributed by atoms with Crippen molar-refractivity contribution in [3.8, 4) is 0 Å². The molecule has 0 unspecified atom stereocenters. The first-order valence-corrected chi connectivity index (χ1v) is 12.9. The van der Waals surface area contributed by atoms with Crippen LogP contribution in [0.1, 0.15) is 49.7 Å². The van der Waals surface area contributed by atoms with Crippen molar-refractivity contribution in [2.75, 3.05) is 19.8 Å². The van der Waals surface area contributed by atoms with E-state index in [9.17, 15) is 30.0 Å². The zero-order valence-electron chi connectivity index (χ0n) is 21.0. The number of amides is 2. The van der Waals surface area contributed by atoms with Crippen LogP contribution in [0.5, 0.6) is 0 Å². The summed E-state index contributed by atoms with van der Waals surface area (Å²) in [5.74, 6) is -1.61. The number of hydrogen-bond donors (Lipinski definition) is 4. The molecule has 0 radical (unpaired) electrons. The molecule has 8 heteroatoms. The van der Waals surface area contributed by atoms with E-state index in [-0.39, 0.29) is 37.9 Å². The number of rotatable bonds is 11. The van der Waals surface area contributed by atoms with Gasteiger partial charge in [-0.05, 0) is 66.2 Å². The van der Waals surface area contributed by atoms with Crippen molar-refractivity contribution in [3.05, 3.63) is 70.7 Å². The Morgan fingerprint density at radius 3 is 2.46 bits per heavy atom. The molecule has 2 heterocycles. The highest BCUT2D eigenvalue weighted by atomic mass is 16.4. The van der Waals surface area contributed by atoms with Gasteiger partial charge >= 0.3 is 0 Å². The zero-order valence-corrected chi connectivity index (χ0v) is 21.0. The Morgan fingerprint density at radius 2 is 1.84 bits per heavy atom. The topological polar surface area (TPSA) is 131 Å². The van der Waals surface area contributed by atoms with Crippen molar-refractivity contribution in [1.82, 2.24) is 4.90 Å². The molecular weight excluding hydrogens is 474 g/mol. The molecule has 1 saturated heterocycles. The molecule has 1 aliphatic heterocycles. The number of carbonyl (C=O) groups excluding carboxylic acids is 2. The van der Waals surface area contributed by atoms with Crippen LogP contribution in [0.2, 0.25) is 0 Å². The third kappa shape index (κ3) is 5.48. The van der Waals surface area contributed by atoms with Gasteiger partial charge < -0.3 is 24.8 Å². The Kier molecular flexibility index (Phi) is 8.76. The Labute approximate surface area is 216 Å². The van der Waals surface area contributed by atoms with E-state index < -0.39 is 30.5 Å². The molecule has 2 aliphatic rings. The number of carbonyl (C=O) groups is 2. The minimum atomic E-state index is -1.01. The molecule has 0 spiro atoms. The van der Waals surface area contributed by atoms with Gasteiger partial charge in [0, 0.05) is 12.5 Å². The molecule has 1 aliphatic carbocycles. The predicted molar refractivity (Wildman–Crippen MR) is 137 cm³/mol. The van der Waals surface area contributed by atoms with E-state index in [4.69, 9.17) is 4.42 Å². The highest BCUT2D eigenvalue weighted by Gasteiger charge is 2.54. The number of furan rings is 1. The summed E-state index contributed by atoms with van der Waals surface area (Å²) in [5.41, 5.74) is 2.84. The molecular formula is C29H35NO7. The first-order valence-electron chi connectivity index (χ1n) is 12.9. The monoisotopic (exact) mass is 509 g/mol. The Bertz CT molecular complexity index is 1170. The Morgan fingerprint density at radius 1 is 1.08 bits per heavy atom. The molecule has 8 nitrogen and oxygen atoms in total. The second-order valence-electron chi connectivity index (χ2n) is 9.72. The van der Waals surface area contributed by atoms with Crippen LogP contribution in [-0.2, 0) is 16.2 Å². The van der Waals surface area contributed by atoms with Crippen molar-refractivity contribution in [3.63, 3.8) is 0 Å². The maximum atomic E-state index is 13.1. The summed E-state index contributed by atoms with van der Waals surface area (Å²) in [6.45, 7) is 1.27. The van der Waals surface area contributed by atoms with E-state index in [2.05, 4.69) is 0 Å². The zero-order chi connectivity index (χ0) is 26.5. The first kappa shape index (κ1) is 27.0. The number of fused-ring (bicyclic) bond motifs is 1. The lowest BCUT2D eigenvalue weighted by Gasteiger charge is -2.36. The third-order valence-corrected chi connectivity index (χ3v) is 7.46. The van der Waals surface area contributed by atoms with Crippen LogP contribution in [0.15, 0.2) is 58.0 Å². The fraction of sp³-hybridized carbons (Fsp3) is 0.448. The lowest BCUT2D eigenvalue weighted by Crippen LogP contribution is -2.39. The summed E-state index contributed by atoms with van der Waals surface area (Å²) in [5, 5.41) is 41.1. The molecule has 0 saturated carbocycles. The van der Waals surface area contributed by atoms with Crippen LogP contribution in [0.4, 0.5) is 0 Å². The summed E-state index contributed by atoms with van der Waals surface area (Å²) in [6.07, 6.45) is 2.42. The van der Waals surface area contributed by atoms with Gasteiger partial charge in [0.15, 0.2) is 0 Å². The highest BCUT2D eigenvalue weighted by Crippen LogP contribution is 2.46. The van der Waals surface area contributed by atoms with Gasteiger partial charge in [0.1, 0.15) is 18.1 Å². The van der Waals surface area contributed by atoms with Crippen molar-refractivity contribution < 1.29 is 34.4 Å². The van der Waals surface area contributed by atoms with Gasteiger partial charge in [-0.1, -0.05) is 37.3 Å². The fourth-order valence-corrected chi connectivity index (χ4v) is 5.74. The molecule has 1 aromatic heterocycles. The number of allylic oxidation sites excluding steroid dienone is 1. The SMILES string of the molecule is CCCN1C(=O)[C@@H]2[C@@H](CC(CO)=C([C@H](O)CC/C(=C/c3ccc(CO)o3)c3ccccc3)[C@@H]2CO)C1=O. The molecule has 4 N–H and O–H groups in total. The van der Waals surface area contributed by atoms with Crippen LogP contribution >= 0.6 is 0 Å². The van der Waals surface area contributed by atoms with E-state index in [1.54, 1.807) is 12.1 Å². The number of likely N-dealkylation sites (tertiary alicyclic amines) is 1. The van der Waals surface area contributed by atoms with Gasteiger partial charge in [0.05, 0.1) is 31.2 Å². The second kappa shape index (κ2) is 12.0. The molecule has 2 aromatic rings. The quantitative estimate of drug-likeness (QED) is 0.271. The molecule has 2 amide bonds. The van der Waals surface area contributed by atoms with Gasteiger partial charge in [-0.3, -0.25) is 14.5 Å². The van der Waals surface area contributed by atoms with Crippen LogP contribution in [0.25, 0.3) is 11.6 Å². The Balaban J connectivity index is 1.60. The Hall–Kier alpha value is -3.04. The van der Waals surface area contributed by atoms with Crippen LogP contribution in [-0.4, -0.2) is 63.0 Å². The van der Waals surface area contributed by atoms with E-state index in [1.165, 1.54) is 4.90 Å². The standard InChI is InChI=1S/C29H35NO7/c1-2-12-30-28(35)23-14-20(15-31)26(24(17-33)27(23)29(30)36)25(34)11-8-19(18-6-4-3-5-7-18)13-21-9-10-22(16-32)37-21/h3-7,9-10,13,23-25,27,31-34H,2,8,11-12,14-17H2,1H3/b19-13-/t23-,24+,25-,27-/m1/s1. The van der Waals surface area contributed by atoms with Crippen molar-refractivity contribution in [1.29, 1.82) is 0 Å². The van der Waals surface area contributed by atoms with Crippen molar-refractivity contribution in [2.45, 2.75) is 45.3 Å². The number of imide groups is 1. The second-order valence-corrected chi connectivity index (χ2v) is 9.72. The van der Waals surface area contributed by atoms with Crippen LogP contribution in [0, 0.1) is 17.8 Å². The van der Waals surface area contributed by atoms with Crippen molar-refractivity contribution in [2.24, 2.45) is 17.8 Å². The average Bonchev–Trinajstić information content (AvgIpc) is 3.48. The summed E-state index contributed by atoms with van der Waals surface area (Å²) in [7, 11) is 0. The number of benzene rings is 1. The van der Waals surface area contributed by atoms with Gasteiger partial charge in [0.2, 0.25) is 11.8 Å². The van der Waals surface area contributed by atoms with Gasteiger partial charge in [0.25, 0.3) is 0 Å². The highest BCUT2D eigenvalue weighted by molar-refractivity contribution is 6.05. The number of hydrogen-bond acceptors (Lipinski definition) is 7. The van der Waals surface area contributed by atoms with E-state index >= 15 is 0 Å². The van der Waals surface area contributed by atoms with E-state index in [0.717, 1.165) is 11.1 Å². The summed E-state index contributed by atoms with van der Waals surface area (Å²) < 4.78 is 5.64. The van der Waals surface area contributed by atoms with E-state index in [0.29, 0.717) is 42.1 Å². The summed E-state index contributed by atoms with van der Waals surface area (Å²) >= 11 is 0. The molecule has 37 heavy (non-hydrogen) atoms. The van der Waals surface area contributed by atoms with Gasteiger partial charge in [-0.2, -0.15) is 0 Å². The number of nitrogens with zero attached hydrogens (tertiary/aromatic N) is 1. The lowest BCUT2D eigenvalue weighted by molar-refractivity contribution is -0.140. The minimum Gasteiger partial charge on any atom is -0.459 e. The first-order chi connectivity index (χ1) is 17.9.